The molecule has 1 heterocycles. The van der Waals surface area contributed by atoms with E-state index in [0.29, 0.717) is 29.2 Å². The highest BCUT2D eigenvalue weighted by Gasteiger charge is 2.10. The molecular formula is C12H9ClO4. The SMILES string of the molecule is CCOc1cc2occ(C=O)c(=O)c2cc1Cl. The number of carbonyl (C=O) groups excluding carboxylic acids is 1. The van der Waals surface area contributed by atoms with Gasteiger partial charge in [0.25, 0.3) is 0 Å². The number of benzene rings is 1. The first kappa shape index (κ1) is 11.7. The van der Waals surface area contributed by atoms with Crippen LogP contribution in [0.2, 0.25) is 5.02 Å². The summed E-state index contributed by atoms with van der Waals surface area (Å²) in [5.41, 5.74) is -0.0858. The van der Waals surface area contributed by atoms with Crippen molar-refractivity contribution in [2.75, 3.05) is 6.61 Å². The molecule has 0 amide bonds. The maximum atomic E-state index is 11.8. The van der Waals surface area contributed by atoms with E-state index in [2.05, 4.69) is 0 Å². The molecule has 0 saturated carbocycles. The number of ether oxygens (including phenoxy) is 1. The number of rotatable bonds is 3. The summed E-state index contributed by atoms with van der Waals surface area (Å²) in [6.45, 7) is 2.29. The Hall–Kier alpha value is -1.81. The summed E-state index contributed by atoms with van der Waals surface area (Å²) in [5, 5.41) is 0.581. The highest BCUT2D eigenvalue weighted by Crippen LogP contribution is 2.28. The lowest BCUT2D eigenvalue weighted by molar-refractivity contribution is 0.112. The predicted molar refractivity (Wildman–Crippen MR) is 64.1 cm³/mol. The second-order valence-corrected chi connectivity index (χ2v) is 3.76. The zero-order valence-electron chi connectivity index (χ0n) is 9.03. The monoisotopic (exact) mass is 252 g/mol. The molecule has 0 unspecified atom stereocenters. The van der Waals surface area contributed by atoms with Gasteiger partial charge in [-0.05, 0) is 13.0 Å². The van der Waals surface area contributed by atoms with E-state index in [1.54, 1.807) is 0 Å². The molecule has 0 aliphatic carbocycles. The van der Waals surface area contributed by atoms with Crippen molar-refractivity contribution in [3.63, 3.8) is 0 Å². The van der Waals surface area contributed by atoms with E-state index in [0.717, 1.165) is 6.26 Å². The zero-order chi connectivity index (χ0) is 12.4. The van der Waals surface area contributed by atoms with Gasteiger partial charge in [0, 0.05) is 6.07 Å². The van der Waals surface area contributed by atoms with Gasteiger partial charge in [0.05, 0.1) is 22.6 Å². The van der Waals surface area contributed by atoms with Gasteiger partial charge < -0.3 is 9.15 Å². The van der Waals surface area contributed by atoms with Crippen LogP contribution in [0.5, 0.6) is 5.75 Å². The van der Waals surface area contributed by atoms with Crippen molar-refractivity contribution in [3.8, 4) is 5.75 Å². The molecule has 0 bridgehead atoms. The fourth-order valence-electron chi connectivity index (χ4n) is 1.49. The molecule has 17 heavy (non-hydrogen) atoms. The third kappa shape index (κ3) is 2.03. The van der Waals surface area contributed by atoms with Crippen LogP contribution >= 0.6 is 11.6 Å². The summed E-state index contributed by atoms with van der Waals surface area (Å²) in [6.07, 6.45) is 1.58. The molecule has 0 spiro atoms. The van der Waals surface area contributed by atoms with Crippen LogP contribution in [0.1, 0.15) is 17.3 Å². The van der Waals surface area contributed by atoms with Gasteiger partial charge >= 0.3 is 0 Å². The van der Waals surface area contributed by atoms with Crippen LogP contribution in [0.15, 0.2) is 27.6 Å². The van der Waals surface area contributed by atoms with Crippen LogP contribution in [0.3, 0.4) is 0 Å². The van der Waals surface area contributed by atoms with Crippen molar-refractivity contribution in [1.82, 2.24) is 0 Å². The van der Waals surface area contributed by atoms with Gasteiger partial charge in [-0.1, -0.05) is 11.6 Å². The van der Waals surface area contributed by atoms with Gasteiger partial charge in [-0.25, -0.2) is 0 Å². The van der Waals surface area contributed by atoms with Gasteiger partial charge in [-0.15, -0.1) is 0 Å². The maximum Gasteiger partial charge on any atom is 0.203 e. The molecule has 4 nitrogen and oxygen atoms in total. The topological polar surface area (TPSA) is 56.5 Å². The second-order valence-electron chi connectivity index (χ2n) is 3.35. The van der Waals surface area contributed by atoms with E-state index >= 15 is 0 Å². The number of aldehydes is 1. The van der Waals surface area contributed by atoms with Crippen molar-refractivity contribution < 1.29 is 13.9 Å². The predicted octanol–water partition coefficient (Wildman–Crippen LogP) is 2.66. The molecule has 1 aromatic carbocycles. The van der Waals surface area contributed by atoms with Crippen molar-refractivity contribution in [1.29, 1.82) is 0 Å². The molecule has 0 radical (unpaired) electrons. The highest BCUT2D eigenvalue weighted by molar-refractivity contribution is 6.32. The molecule has 0 N–H and O–H groups in total. The van der Waals surface area contributed by atoms with Crippen LogP contribution in [-0.2, 0) is 0 Å². The fourth-order valence-corrected chi connectivity index (χ4v) is 1.71. The number of halogens is 1. The average Bonchev–Trinajstić information content (AvgIpc) is 2.32. The molecule has 88 valence electrons. The molecule has 0 aliphatic rings. The minimum Gasteiger partial charge on any atom is -0.492 e. The fraction of sp³-hybridized carbons (Fsp3) is 0.167. The Morgan fingerprint density at radius 3 is 2.88 bits per heavy atom. The molecule has 0 atom stereocenters. The first-order valence-electron chi connectivity index (χ1n) is 5.00. The van der Waals surface area contributed by atoms with E-state index in [1.807, 2.05) is 6.92 Å². The third-order valence-electron chi connectivity index (χ3n) is 2.28. The van der Waals surface area contributed by atoms with E-state index in [4.69, 9.17) is 20.8 Å². The summed E-state index contributed by atoms with van der Waals surface area (Å²) in [6, 6.07) is 2.98. The lowest BCUT2D eigenvalue weighted by Crippen LogP contribution is -2.07. The smallest absolute Gasteiger partial charge is 0.203 e. The average molecular weight is 253 g/mol. The van der Waals surface area contributed by atoms with Crippen molar-refractivity contribution in [3.05, 3.63) is 39.2 Å². The minimum absolute atomic E-state index is 0.0299. The van der Waals surface area contributed by atoms with E-state index in [-0.39, 0.29) is 10.9 Å². The van der Waals surface area contributed by atoms with Gasteiger partial charge in [0.15, 0.2) is 6.29 Å². The van der Waals surface area contributed by atoms with Crippen LogP contribution in [0, 0.1) is 0 Å². The Balaban J connectivity index is 2.74. The van der Waals surface area contributed by atoms with Crippen LogP contribution in [0.4, 0.5) is 0 Å². The molecule has 0 aliphatic heterocycles. The number of fused-ring (bicyclic) bond motifs is 1. The van der Waals surface area contributed by atoms with Gasteiger partial charge in [-0.2, -0.15) is 0 Å². The molecular weight excluding hydrogens is 244 g/mol. The third-order valence-corrected chi connectivity index (χ3v) is 2.58. The summed E-state index contributed by atoms with van der Waals surface area (Å²) in [5.74, 6) is 0.448. The molecule has 5 heteroatoms. The standard InChI is InChI=1S/C12H9ClO4/c1-2-16-11-4-10-8(3-9(11)13)12(15)7(5-14)6-17-10/h3-6H,2H2,1H3. The normalized spacial score (nSPS) is 10.5. The van der Waals surface area contributed by atoms with Crippen molar-refractivity contribution in [2.45, 2.75) is 6.92 Å². The number of carbonyl (C=O) groups is 1. The van der Waals surface area contributed by atoms with E-state index in [1.165, 1.54) is 12.1 Å². The minimum atomic E-state index is -0.397. The maximum absolute atomic E-state index is 11.8. The largest absolute Gasteiger partial charge is 0.492 e. The first-order chi connectivity index (χ1) is 8.17. The summed E-state index contributed by atoms with van der Waals surface area (Å²) in [7, 11) is 0. The second kappa shape index (κ2) is 4.59. The summed E-state index contributed by atoms with van der Waals surface area (Å²) >= 11 is 5.96. The molecule has 0 fully saturated rings. The Morgan fingerprint density at radius 1 is 1.47 bits per heavy atom. The van der Waals surface area contributed by atoms with E-state index < -0.39 is 5.43 Å². The zero-order valence-corrected chi connectivity index (χ0v) is 9.78. The molecule has 1 aromatic heterocycles. The van der Waals surface area contributed by atoms with Crippen LogP contribution < -0.4 is 10.2 Å². The Labute approximate surface area is 102 Å². The molecule has 0 saturated heterocycles. The van der Waals surface area contributed by atoms with Crippen molar-refractivity contribution in [2.24, 2.45) is 0 Å². The first-order valence-corrected chi connectivity index (χ1v) is 5.38. The lowest BCUT2D eigenvalue weighted by atomic mass is 10.2. The van der Waals surface area contributed by atoms with Gasteiger partial charge in [0.2, 0.25) is 5.43 Å². The highest BCUT2D eigenvalue weighted by atomic mass is 35.5. The summed E-state index contributed by atoms with van der Waals surface area (Å²) in [4.78, 5) is 22.4. The van der Waals surface area contributed by atoms with Gasteiger partial charge in [0.1, 0.15) is 17.6 Å². The molecule has 2 aromatic rings. The summed E-state index contributed by atoms with van der Waals surface area (Å²) < 4.78 is 10.5. The number of hydrogen-bond donors (Lipinski definition) is 0. The number of hydrogen-bond acceptors (Lipinski definition) is 4. The van der Waals surface area contributed by atoms with Crippen LogP contribution in [-0.4, -0.2) is 12.9 Å². The lowest BCUT2D eigenvalue weighted by Gasteiger charge is -2.06. The Morgan fingerprint density at radius 2 is 2.24 bits per heavy atom. The Kier molecular flexibility index (Phi) is 3.15. The van der Waals surface area contributed by atoms with Gasteiger partial charge in [-0.3, -0.25) is 9.59 Å². The quantitative estimate of drug-likeness (QED) is 0.788. The molecule has 2 rings (SSSR count). The Bertz CT molecular complexity index is 630. The van der Waals surface area contributed by atoms with Crippen LogP contribution in [0.25, 0.3) is 11.0 Å². The van der Waals surface area contributed by atoms with Crippen molar-refractivity contribution >= 4 is 28.9 Å². The van der Waals surface area contributed by atoms with E-state index in [9.17, 15) is 9.59 Å².